The van der Waals surface area contributed by atoms with E-state index in [0.29, 0.717) is 0 Å². The van der Waals surface area contributed by atoms with Gasteiger partial charge in [0.1, 0.15) is 14.1 Å². The molecule has 0 N–H and O–H groups in total. The zero-order valence-corrected chi connectivity index (χ0v) is 45.9. The lowest BCUT2D eigenvalue weighted by Crippen LogP contribution is -2.30. The molecule has 13 rings (SSSR count). The molecule has 6 heteroatoms. The van der Waals surface area contributed by atoms with Crippen molar-refractivity contribution in [3.63, 3.8) is 0 Å². The van der Waals surface area contributed by atoms with Crippen molar-refractivity contribution in [1.82, 2.24) is 9.13 Å². The lowest BCUT2D eigenvalue weighted by molar-refractivity contribution is -0.660. The van der Waals surface area contributed by atoms with Gasteiger partial charge in [-0.05, 0) is 176 Å². The average Bonchev–Trinajstić information content (AvgIpc) is 4.19. The number of thiophene rings is 1. The lowest BCUT2D eigenvalue weighted by atomic mass is 9.97. The van der Waals surface area contributed by atoms with Crippen LogP contribution in [0, 0.1) is 20.8 Å². The highest BCUT2D eigenvalue weighted by molar-refractivity contribution is 7.16. The van der Waals surface area contributed by atoms with Gasteiger partial charge in [-0.15, -0.1) is 24.5 Å². The molecule has 0 aliphatic carbocycles. The molecule has 0 radical (unpaired) electrons. The molecule has 13 aromatic rings. The normalized spacial score (nSPS) is 11.6. The molecule has 0 fully saturated rings. The molecule has 0 bridgehead atoms. The Labute approximate surface area is 461 Å². The topological polar surface area (TPSA) is 20.9 Å². The van der Waals surface area contributed by atoms with E-state index in [9.17, 15) is 0 Å². The van der Waals surface area contributed by atoms with Crippen molar-refractivity contribution >= 4 is 83.7 Å². The Hall–Kier alpha value is -9.36. The van der Waals surface area contributed by atoms with Crippen LogP contribution >= 0.6 is 11.3 Å². The molecule has 5 heterocycles. The summed E-state index contributed by atoms with van der Waals surface area (Å²) in [4.78, 5) is 4.98. The maximum absolute atomic E-state index is 3.00. The second-order valence-electron chi connectivity index (χ2n) is 20.1. The number of anilines is 3. The molecule has 8 aromatic carbocycles. The zero-order chi connectivity index (χ0) is 53.6. The second kappa shape index (κ2) is 20.6. The maximum atomic E-state index is 3.00. The van der Waals surface area contributed by atoms with Crippen LogP contribution in [0.2, 0.25) is 0 Å². The minimum absolute atomic E-state index is 1.11. The highest BCUT2D eigenvalue weighted by atomic mass is 32.1. The first-order chi connectivity index (χ1) is 38.2. The van der Waals surface area contributed by atoms with E-state index in [1.54, 1.807) is 0 Å². The van der Waals surface area contributed by atoms with Gasteiger partial charge in [-0.3, -0.25) is 0 Å². The largest absolute Gasteiger partial charge is 0.310 e. The number of hydrogen-bond acceptors (Lipinski definition) is 2. The van der Waals surface area contributed by atoms with Crippen LogP contribution in [0.4, 0.5) is 17.1 Å². The molecular formula is C72H61N5S+2. The summed E-state index contributed by atoms with van der Waals surface area (Å²) < 4.78 is 9.27. The number of aryl methyl sites for hydroxylation is 3. The van der Waals surface area contributed by atoms with Crippen molar-refractivity contribution in [3.05, 3.63) is 271 Å². The predicted molar refractivity (Wildman–Crippen MR) is 332 cm³/mol. The highest BCUT2D eigenvalue weighted by Gasteiger charge is 2.25. The molecule has 378 valence electrons. The Balaban J connectivity index is 0.00000301. The smallest absolute Gasteiger partial charge is 0.212 e. The zero-order valence-electron chi connectivity index (χ0n) is 45.1. The Bertz CT molecular complexity index is 4340. The summed E-state index contributed by atoms with van der Waals surface area (Å²) in [5.41, 5.74) is 22.5. The third kappa shape index (κ3) is 8.61. The van der Waals surface area contributed by atoms with Crippen molar-refractivity contribution in [2.45, 2.75) is 27.7 Å². The van der Waals surface area contributed by atoms with Crippen molar-refractivity contribution in [1.29, 1.82) is 0 Å². The van der Waals surface area contributed by atoms with Crippen LogP contribution in [0.5, 0.6) is 0 Å². The number of fused-ring (bicyclic) bond motifs is 6. The van der Waals surface area contributed by atoms with Gasteiger partial charge in [0.25, 0.3) is 0 Å². The monoisotopic (exact) mass is 1030 g/mol. The number of nitrogens with zero attached hydrogens (tertiary/aromatic N) is 5. The summed E-state index contributed by atoms with van der Waals surface area (Å²) in [5, 5.41) is 4.99. The summed E-state index contributed by atoms with van der Waals surface area (Å²) >= 11 is 1.87. The first kappa shape index (κ1) is 49.5. The number of hydrogen-bond donors (Lipinski definition) is 0. The number of para-hydroxylation sites is 3. The Morgan fingerprint density at radius 3 is 1.60 bits per heavy atom. The van der Waals surface area contributed by atoms with Gasteiger partial charge in [0.05, 0.1) is 33.2 Å². The number of benzene rings is 8. The van der Waals surface area contributed by atoms with Gasteiger partial charge < -0.3 is 14.0 Å². The predicted octanol–water partition coefficient (Wildman–Crippen LogP) is 18.4. The summed E-state index contributed by atoms with van der Waals surface area (Å²) in [6.07, 6.45) is 6.63. The third-order valence-corrected chi connectivity index (χ3v) is 16.7. The minimum atomic E-state index is 1.11. The van der Waals surface area contributed by atoms with Crippen LogP contribution < -0.4 is 14.0 Å². The molecular weight excluding hydrogens is 967 g/mol. The molecule has 0 amide bonds. The fraction of sp³-hybridized carbons (Fsp3) is 0.0833. The van der Waals surface area contributed by atoms with Crippen LogP contribution in [-0.4, -0.2) is 9.13 Å². The van der Waals surface area contributed by atoms with E-state index in [0.717, 1.165) is 28.4 Å². The van der Waals surface area contributed by atoms with E-state index in [1.807, 2.05) is 11.3 Å². The average molecular weight is 1030 g/mol. The summed E-state index contributed by atoms with van der Waals surface area (Å²) in [6, 6.07) is 80.0. The van der Waals surface area contributed by atoms with Crippen molar-refractivity contribution in [2.24, 2.45) is 14.1 Å². The van der Waals surface area contributed by atoms with Crippen LogP contribution in [0.3, 0.4) is 0 Å². The van der Waals surface area contributed by atoms with Crippen LogP contribution in [0.1, 0.15) is 34.1 Å². The van der Waals surface area contributed by atoms with E-state index < -0.39 is 0 Å². The SMILES string of the molecule is C/C(=C\c1sc(-c2ccc3c(c2)c2cc4c5ccccc5n(-c5ccccc5)c4cc2n3-c2ccccc2)cc1C)c1cccc(N(c2cccc(-c3cccc[n+]3C)c2C)c2cccc(-c3cccc[n+]3C)c2C)c1.C=C. The molecule has 0 aliphatic heterocycles. The molecule has 78 heavy (non-hydrogen) atoms. The number of rotatable bonds is 10. The lowest BCUT2D eigenvalue weighted by Gasteiger charge is -2.30. The first-order valence-electron chi connectivity index (χ1n) is 26.6. The van der Waals surface area contributed by atoms with Gasteiger partial charge in [0.15, 0.2) is 12.4 Å². The summed E-state index contributed by atoms with van der Waals surface area (Å²) in [5.74, 6) is 0. The van der Waals surface area contributed by atoms with Crippen LogP contribution in [0.15, 0.2) is 244 Å². The molecule has 0 atom stereocenters. The molecule has 0 unspecified atom stereocenters. The number of aromatic nitrogens is 4. The van der Waals surface area contributed by atoms with Crippen LogP contribution in [0.25, 0.3) is 99.6 Å². The van der Waals surface area contributed by atoms with Gasteiger partial charge in [0, 0.05) is 84.0 Å². The van der Waals surface area contributed by atoms with E-state index in [2.05, 4.69) is 315 Å². The molecule has 0 aliphatic rings. The van der Waals surface area contributed by atoms with Gasteiger partial charge in [0.2, 0.25) is 11.4 Å². The Morgan fingerprint density at radius 2 is 1.00 bits per heavy atom. The van der Waals surface area contributed by atoms with E-state index in [1.165, 1.54) is 109 Å². The fourth-order valence-electron chi connectivity index (χ4n) is 11.6. The molecule has 0 saturated heterocycles. The van der Waals surface area contributed by atoms with E-state index in [-0.39, 0.29) is 0 Å². The maximum Gasteiger partial charge on any atom is 0.212 e. The van der Waals surface area contributed by atoms with Gasteiger partial charge >= 0.3 is 0 Å². The first-order valence-corrected chi connectivity index (χ1v) is 27.4. The van der Waals surface area contributed by atoms with Gasteiger partial charge in [-0.1, -0.05) is 84.9 Å². The Kier molecular flexibility index (Phi) is 13.1. The van der Waals surface area contributed by atoms with E-state index in [4.69, 9.17) is 0 Å². The summed E-state index contributed by atoms with van der Waals surface area (Å²) in [7, 11) is 4.24. The summed E-state index contributed by atoms with van der Waals surface area (Å²) in [6.45, 7) is 15.0. The molecule has 0 spiro atoms. The van der Waals surface area contributed by atoms with Crippen molar-refractivity contribution in [2.75, 3.05) is 4.90 Å². The molecule has 5 nitrogen and oxygen atoms in total. The fourth-order valence-corrected chi connectivity index (χ4v) is 12.8. The molecule has 0 saturated carbocycles. The second-order valence-corrected chi connectivity index (χ2v) is 21.2. The highest BCUT2D eigenvalue weighted by Crippen LogP contribution is 2.45. The Morgan fingerprint density at radius 1 is 0.474 bits per heavy atom. The molecule has 5 aromatic heterocycles. The third-order valence-electron chi connectivity index (χ3n) is 15.5. The van der Waals surface area contributed by atoms with Gasteiger partial charge in [-0.2, -0.15) is 0 Å². The number of allylic oxidation sites excluding steroid dienone is 1. The van der Waals surface area contributed by atoms with Crippen molar-refractivity contribution < 1.29 is 9.13 Å². The van der Waals surface area contributed by atoms with Crippen molar-refractivity contribution in [3.8, 4) is 44.3 Å². The minimum Gasteiger partial charge on any atom is -0.310 e. The van der Waals surface area contributed by atoms with E-state index >= 15 is 0 Å². The number of pyridine rings is 2. The standard InChI is InChI=1S/C70H57N5S.C2H4/c1-46(50-22-19-27-54(42-50)75(61-34-20-29-55(48(61)3)63-31-15-17-38-71(63)5)62-35-21-30-56(49(62)4)64-32-16-18-39-72(64)6)40-69-47(2)41-70(76-69)51-36-37-66-58(43-51)60-44-59-57-28-13-14-33-65(57)73(52-23-9-7-10-24-52)67(59)45-68(60)74(66)53-25-11-8-12-26-53;1-2/h7-45H,1-6H3;1-2H2/q+2;/b46-40+;. The van der Waals surface area contributed by atoms with Gasteiger partial charge in [-0.25, -0.2) is 9.13 Å². The van der Waals surface area contributed by atoms with Crippen LogP contribution in [-0.2, 0) is 14.1 Å². The quantitative estimate of drug-likeness (QED) is 0.0988.